The Balaban J connectivity index is 1.76. The molecule has 3 atom stereocenters. The monoisotopic (exact) mass is 363 g/mol. The second-order valence-electron chi connectivity index (χ2n) is 6.54. The van der Waals surface area contributed by atoms with Crippen LogP contribution >= 0.6 is 22.9 Å². The second kappa shape index (κ2) is 5.74. The molecule has 0 aliphatic heterocycles. The average molecular weight is 364 g/mol. The van der Waals surface area contributed by atoms with Crippen molar-refractivity contribution in [2.24, 2.45) is 11.8 Å². The molecule has 2 aliphatic rings. The lowest BCUT2D eigenvalue weighted by molar-refractivity contribution is -0.135. The van der Waals surface area contributed by atoms with Gasteiger partial charge in [0.2, 0.25) is 0 Å². The molecular formula is C18H15ClFNO2S. The summed E-state index contributed by atoms with van der Waals surface area (Å²) in [6.45, 7) is 1.78. The lowest BCUT2D eigenvalue weighted by Gasteiger charge is -2.24. The molecule has 0 N–H and O–H groups in total. The zero-order valence-corrected chi connectivity index (χ0v) is 14.6. The normalized spacial score (nSPS) is 26.2. The fraction of sp³-hybridized carbons (Fsp3) is 0.389. The highest BCUT2D eigenvalue weighted by Gasteiger charge is 2.48. The van der Waals surface area contributed by atoms with Gasteiger partial charge >= 0.3 is 0 Å². The van der Waals surface area contributed by atoms with Crippen LogP contribution in [0, 0.1) is 24.6 Å². The number of Topliss-reactive ketones (excluding diaryl/α,β-unsaturated/α-hetero) is 2. The summed E-state index contributed by atoms with van der Waals surface area (Å²) in [5.41, 5.74) is 0.981. The van der Waals surface area contributed by atoms with Crippen LogP contribution in [0.5, 0.6) is 0 Å². The minimum absolute atomic E-state index is 0.00471. The maximum atomic E-state index is 14.2. The zero-order chi connectivity index (χ0) is 17.0. The van der Waals surface area contributed by atoms with E-state index >= 15 is 0 Å². The molecule has 124 valence electrons. The number of carbonyl (C=O) groups is 2. The van der Waals surface area contributed by atoms with Crippen molar-refractivity contribution in [3.8, 4) is 10.6 Å². The number of hydrogen-bond acceptors (Lipinski definition) is 4. The highest BCUT2D eigenvalue weighted by atomic mass is 35.5. The number of benzene rings is 1. The minimum Gasteiger partial charge on any atom is -0.298 e. The molecule has 2 aliphatic carbocycles. The van der Waals surface area contributed by atoms with E-state index in [4.69, 9.17) is 11.6 Å². The van der Waals surface area contributed by atoms with Gasteiger partial charge < -0.3 is 0 Å². The van der Waals surface area contributed by atoms with Crippen molar-refractivity contribution in [3.63, 3.8) is 0 Å². The summed E-state index contributed by atoms with van der Waals surface area (Å²) in [6.07, 6.45) is 2.31. The third-order valence-electron chi connectivity index (χ3n) is 5.06. The van der Waals surface area contributed by atoms with Crippen molar-refractivity contribution in [1.82, 2.24) is 4.98 Å². The summed E-state index contributed by atoms with van der Waals surface area (Å²) >= 11 is 7.04. The van der Waals surface area contributed by atoms with E-state index < -0.39 is 11.7 Å². The van der Waals surface area contributed by atoms with Crippen molar-refractivity contribution in [1.29, 1.82) is 0 Å². The quantitative estimate of drug-likeness (QED) is 0.735. The van der Waals surface area contributed by atoms with Crippen LogP contribution in [0.1, 0.15) is 35.8 Å². The Hall–Kier alpha value is -1.59. The first-order chi connectivity index (χ1) is 11.5. The molecule has 3 nitrogen and oxygen atoms in total. The average Bonchev–Trinajstić information content (AvgIpc) is 3.12. The Morgan fingerprint density at radius 1 is 1.21 bits per heavy atom. The predicted octanol–water partition coefficient (Wildman–Crippen LogP) is 4.56. The topological polar surface area (TPSA) is 47.0 Å². The van der Waals surface area contributed by atoms with Gasteiger partial charge in [-0.15, -0.1) is 11.3 Å². The van der Waals surface area contributed by atoms with E-state index in [1.165, 1.54) is 17.4 Å². The van der Waals surface area contributed by atoms with Crippen LogP contribution in [0.25, 0.3) is 10.6 Å². The van der Waals surface area contributed by atoms with Gasteiger partial charge in [0.25, 0.3) is 0 Å². The van der Waals surface area contributed by atoms with E-state index in [1.807, 2.05) is 0 Å². The summed E-state index contributed by atoms with van der Waals surface area (Å²) in [6, 6.07) is 4.42. The van der Waals surface area contributed by atoms with Crippen LogP contribution in [0.4, 0.5) is 4.39 Å². The van der Waals surface area contributed by atoms with Crippen molar-refractivity contribution in [2.75, 3.05) is 0 Å². The van der Waals surface area contributed by atoms with Gasteiger partial charge in [0, 0.05) is 27.3 Å². The molecule has 24 heavy (non-hydrogen) atoms. The maximum Gasteiger partial charge on any atom is 0.151 e. The minimum atomic E-state index is -0.710. The first-order valence-corrected chi connectivity index (χ1v) is 9.15. The van der Waals surface area contributed by atoms with Gasteiger partial charge in [-0.25, -0.2) is 9.37 Å². The number of halogens is 2. The van der Waals surface area contributed by atoms with E-state index in [2.05, 4.69) is 4.98 Å². The number of hydrogen-bond donors (Lipinski definition) is 0. The SMILES string of the molecule is Cc1nc(-c2ccc(Cl)cc2F)sc1C1C(=O)[C@@H]2CC[C@@H](C2)C1=O. The van der Waals surface area contributed by atoms with Crippen LogP contribution in [-0.2, 0) is 9.59 Å². The number of aromatic nitrogens is 1. The maximum absolute atomic E-state index is 14.2. The molecule has 1 unspecified atom stereocenters. The predicted molar refractivity (Wildman–Crippen MR) is 90.8 cm³/mol. The number of aryl methyl sites for hydroxylation is 1. The van der Waals surface area contributed by atoms with E-state index in [1.54, 1.807) is 19.1 Å². The molecule has 4 rings (SSSR count). The van der Waals surface area contributed by atoms with Crippen LogP contribution in [0.15, 0.2) is 18.2 Å². The lowest BCUT2D eigenvalue weighted by Crippen LogP contribution is -2.34. The van der Waals surface area contributed by atoms with Crippen LogP contribution < -0.4 is 0 Å². The number of thiazole rings is 1. The van der Waals surface area contributed by atoms with Gasteiger partial charge in [-0.3, -0.25) is 9.59 Å². The van der Waals surface area contributed by atoms with Crippen molar-refractivity contribution >= 4 is 34.5 Å². The molecule has 0 radical (unpaired) electrons. The summed E-state index contributed by atoms with van der Waals surface area (Å²) in [5, 5.41) is 0.800. The fourth-order valence-corrected chi connectivity index (χ4v) is 5.19. The third kappa shape index (κ3) is 2.42. The van der Waals surface area contributed by atoms with Gasteiger partial charge in [0.15, 0.2) is 11.6 Å². The summed E-state index contributed by atoms with van der Waals surface area (Å²) in [7, 11) is 0. The smallest absolute Gasteiger partial charge is 0.151 e. The molecule has 6 heteroatoms. The molecule has 2 fully saturated rings. The van der Waals surface area contributed by atoms with E-state index in [0.717, 1.165) is 12.8 Å². The van der Waals surface area contributed by atoms with E-state index in [-0.39, 0.29) is 23.4 Å². The Bertz CT molecular complexity index is 841. The first kappa shape index (κ1) is 15.9. The highest BCUT2D eigenvalue weighted by Crippen LogP contribution is 2.46. The van der Waals surface area contributed by atoms with Gasteiger partial charge in [-0.2, -0.15) is 0 Å². The molecule has 0 spiro atoms. The number of fused-ring (bicyclic) bond motifs is 2. The van der Waals surface area contributed by atoms with Gasteiger partial charge in [-0.1, -0.05) is 11.6 Å². The molecule has 2 bridgehead atoms. The van der Waals surface area contributed by atoms with Crippen LogP contribution in [-0.4, -0.2) is 16.6 Å². The van der Waals surface area contributed by atoms with Gasteiger partial charge in [-0.05, 0) is 44.4 Å². The third-order valence-corrected chi connectivity index (χ3v) is 6.55. The Morgan fingerprint density at radius 3 is 2.50 bits per heavy atom. The summed E-state index contributed by atoms with van der Waals surface area (Å²) in [5.74, 6) is -1.14. The van der Waals surface area contributed by atoms with Gasteiger partial charge in [0.05, 0.1) is 5.69 Å². The number of carbonyl (C=O) groups excluding carboxylic acids is 2. The molecule has 1 aromatic heterocycles. The molecule has 1 aromatic carbocycles. The van der Waals surface area contributed by atoms with Crippen LogP contribution in [0.2, 0.25) is 5.02 Å². The summed E-state index contributed by atoms with van der Waals surface area (Å²) < 4.78 is 14.2. The van der Waals surface area contributed by atoms with Crippen LogP contribution in [0.3, 0.4) is 0 Å². The number of ketones is 2. The van der Waals surface area contributed by atoms with Crippen molar-refractivity contribution in [2.45, 2.75) is 32.1 Å². The first-order valence-electron chi connectivity index (χ1n) is 7.96. The molecular weight excluding hydrogens is 349 g/mol. The molecule has 2 aromatic rings. The summed E-state index contributed by atoms with van der Waals surface area (Å²) in [4.78, 5) is 30.4. The fourth-order valence-electron chi connectivity index (χ4n) is 3.82. The molecule has 2 saturated carbocycles. The van der Waals surface area contributed by atoms with Crippen molar-refractivity contribution < 1.29 is 14.0 Å². The lowest BCUT2D eigenvalue weighted by atomic mass is 9.78. The standard InChI is InChI=1S/C18H15ClFNO2S/c1-8-17(14-15(22)9-2-3-10(6-9)16(14)23)24-18(21-8)12-5-4-11(19)7-13(12)20/h4-5,7,9-10,14H,2-3,6H2,1H3/t9-,10+,14?. The number of rotatable bonds is 2. The Labute approximate surface area is 147 Å². The number of nitrogens with zero attached hydrogens (tertiary/aromatic N) is 1. The Kier molecular flexibility index (Phi) is 3.81. The molecule has 1 heterocycles. The molecule has 0 saturated heterocycles. The highest BCUT2D eigenvalue weighted by molar-refractivity contribution is 7.15. The van der Waals surface area contributed by atoms with E-state index in [0.29, 0.717) is 32.6 Å². The van der Waals surface area contributed by atoms with E-state index in [9.17, 15) is 14.0 Å². The largest absolute Gasteiger partial charge is 0.298 e. The zero-order valence-electron chi connectivity index (χ0n) is 13.0. The van der Waals surface area contributed by atoms with Gasteiger partial charge in [0.1, 0.15) is 16.7 Å². The molecule has 0 amide bonds. The van der Waals surface area contributed by atoms with Crippen molar-refractivity contribution in [3.05, 3.63) is 39.6 Å². The Morgan fingerprint density at radius 2 is 1.88 bits per heavy atom. The second-order valence-corrected chi connectivity index (χ2v) is 8.00.